The summed E-state index contributed by atoms with van der Waals surface area (Å²) in [5.74, 6) is 1.22. The summed E-state index contributed by atoms with van der Waals surface area (Å²) in [6, 6.07) is 0. The van der Waals surface area contributed by atoms with E-state index in [1.807, 2.05) is 0 Å². The molecule has 26 heavy (non-hydrogen) atoms. The van der Waals surface area contributed by atoms with Crippen LogP contribution in [0.15, 0.2) is 0 Å². The second-order valence-corrected chi connectivity index (χ2v) is 9.78. The molecule has 1 N–H and O–H groups in total. The summed E-state index contributed by atoms with van der Waals surface area (Å²) in [5.41, 5.74) is -0.0890. The van der Waals surface area contributed by atoms with Crippen LogP contribution >= 0.6 is 0 Å². The average Bonchev–Trinajstić information content (AvgIpc) is 3.10. The van der Waals surface area contributed by atoms with Crippen LogP contribution in [0.25, 0.3) is 0 Å². The SMILES string of the molecule is COCCC1CCC(C(C)(C)CC(C)(C)CN2C(=O)CCC2=O)C1CO. The molecule has 1 aliphatic heterocycles. The molecule has 0 aromatic rings. The number of hydrogen-bond acceptors (Lipinski definition) is 4. The van der Waals surface area contributed by atoms with E-state index < -0.39 is 0 Å². The van der Waals surface area contributed by atoms with Crippen LogP contribution in [-0.4, -0.2) is 48.7 Å². The maximum Gasteiger partial charge on any atom is 0.229 e. The molecular weight excluding hydrogens is 330 g/mol. The predicted molar refractivity (Wildman–Crippen MR) is 101 cm³/mol. The zero-order valence-electron chi connectivity index (χ0n) is 17.2. The normalized spacial score (nSPS) is 27.6. The van der Waals surface area contributed by atoms with Crippen LogP contribution in [0, 0.1) is 28.6 Å². The Labute approximate surface area is 158 Å². The zero-order valence-corrected chi connectivity index (χ0v) is 17.2. The van der Waals surface area contributed by atoms with Gasteiger partial charge in [0.25, 0.3) is 0 Å². The molecule has 150 valence electrons. The van der Waals surface area contributed by atoms with Gasteiger partial charge in [-0.25, -0.2) is 0 Å². The smallest absolute Gasteiger partial charge is 0.229 e. The minimum Gasteiger partial charge on any atom is -0.396 e. The summed E-state index contributed by atoms with van der Waals surface area (Å²) in [5, 5.41) is 10.0. The number of carbonyl (C=O) groups excluding carboxylic acids is 2. The van der Waals surface area contributed by atoms with Crippen molar-refractivity contribution in [3.63, 3.8) is 0 Å². The van der Waals surface area contributed by atoms with E-state index in [2.05, 4.69) is 27.7 Å². The van der Waals surface area contributed by atoms with Gasteiger partial charge >= 0.3 is 0 Å². The number of aliphatic hydroxyl groups excluding tert-OH is 1. The van der Waals surface area contributed by atoms with Gasteiger partial charge in [0, 0.05) is 39.7 Å². The highest BCUT2D eigenvalue weighted by atomic mass is 16.5. The maximum absolute atomic E-state index is 12.0. The lowest BCUT2D eigenvalue weighted by Crippen LogP contribution is -2.42. The van der Waals surface area contributed by atoms with Crippen molar-refractivity contribution >= 4 is 11.8 Å². The lowest BCUT2D eigenvalue weighted by atomic mass is 9.64. The summed E-state index contributed by atoms with van der Waals surface area (Å²) in [7, 11) is 1.73. The molecule has 5 nitrogen and oxygen atoms in total. The second kappa shape index (κ2) is 8.39. The summed E-state index contributed by atoms with van der Waals surface area (Å²) >= 11 is 0. The molecule has 0 spiro atoms. The molecule has 2 amide bonds. The fraction of sp³-hybridized carbons (Fsp3) is 0.905. The third-order valence-corrected chi connectivity index (χ3v) is 6.55. The molecule has 5 heteroatoms. The standard InChI is InChI=1S/C21H37NO4/c1-20(2,14-22-18(24)8-9-19(22)25)13-21(3,4)17-7-6-15(10-11-26-5)16(17)12-23/h15-17,23H,6-14H2,1-5H3. The Morgan fingerprint density at radius 3 is 2.27 bits per heavy atom. The fourth-order valence-electron chi connectivity index (χ4n) is 5.67. The summed E-state index contributed by atoms with van der Waals surface area (Å²) in [4.78, 5) is 25.4. The van der Waals surface area contributed by atoms with Crippen molar-refractivity contribution in [2.24, 2.45) is 28.6 Å². The number of imide groups is 1. The van der Waals surface area contributed by atoms with Crippen LogP contribution < -0.4 is 0 Å². The fourth-order valence-corrected chi connectivity index (χ4v) is 5.67. The van der Waals surface area contributed by atoms with E-state index in [9.17, 15) is 14.7 Å². The van der Waals surface area contributed by atoms with Gasteiger partial charge in [-0.15, -0.1) is 0 Å². The molecule has 2 fully saturated rings. The highest BCUT2D eigenvalue weighted by Crippen LogP contribution is 2.51. The average molecular weight is 368 g/mol. The summed E-state index contributed by atoms with van der Waals surface area (Å²) in [6.07, 6.45) is 4.92. The van der Waals surface area contributed by atoms with Crippen molar-refractivity contribution in [2.45, 2.75) is 66.2 Å². The molecule has 1 saturated carbocycles. The van der Waals surface area contributed by atoms with Crippen molar-refractivity contribution in [1.29, 1.82) is 0 Å². The predicted octanol–water partition coefficient (Wildman–Crippen LogP) is 3.25. The molecule has 2 rings (SSSR count). The Kier molecular flexibility index (Phi) is 6.89. The number of aliphatic hydroxyl groups is 1. The molecule has 0 aromatic heterocycles. The lowest BCUT2D eigenvalue weighted by molar-refractivity contribution is -0.140. The van der Waals surface area contributed by atoms with E-state index in [4.69, 9.17) is 4.74 Å². The molecule has 1 saturated heterocycles. The van der Waals surface area contributed by atoms with Gasteiger partial charge < -0.3 is 9.84 Å². The highest BCUT2D eigenvalue weighted by molar-refractivity contribution is 6.01. The first kappa shape index (κ1) is 21.4. The number of amides is 2. The Balaban J connectivity index is 2.04. The first-order chi connectivity index (χ1) is 12.1. The quantitative estimate of drug-likeness (QED) is 0.635. The first-order valence-electron chi connectivity index (χ1n) is 10.0. The van der Waals surface area contributed by atoms with Gasteiger partial charge in [-0.05, 0) is 54.3 Å². The maximum atomic E-state index is 12.0. The van der Waals surface area contributed by atoms with E-state index in [1.165, 1.54) is 4.90 Å². The van der Waals surface area contributed by atoms with Crippen LogP contribution in [-0.2, 0) is 14.3 Å². The van der Waals surface area contributed by atoms with Crippen LogP contribution in [0.1, 0.15) is 66.2 Å². The van der Waals surface area contributed by atoms with Gasteiger partial charge in [-0.3, -0.25) is 14.5 Å². The number of hydrogen-bond donors (Lipinski definition) is 1. The second-order valence-electron chi connectivity index (χ2n) is 9.78. The van der Waals surface area contributed by atoms with Gasteiger partial charge in [0.05, 0.1) is 0 Å². The Bertz CT molecular complexity index is 498. The van der Waals surface area contributed by atoms with Crippen molar-refractivity contribution < 1.29 is 19.4 Å². The molecule has 2 aliphatic rings. The molecule has 1 heterocycles. The molecule has 1 aliphatic carbocycles. The summed E-state index contributed by atoms with van der Waals surface area (Å²) < 4.78 is 5.24. The van der Waals surface area contributed by atoms with E-state index >= 15 is 0 Å². The van der Waals surface area contributed by atoms with Crippen molar-refractivity contribution in [2.75, 3.05) is 26.9 Å². The number of nitrogens with zero attached hydrogens (tertiary/aromatic N) is 1. The molecule has 3 atom stereocenters. The molecule has 0 radical (unpaired) electrons. The van der Waals surface area contributed by atoms with E-state index in [0.717, 1.165) is 32.3 Å². The van der Waals surface area contributed by atoms with E-state index in [1.54, 1.807) is 7.11 Å². The van der Waals surface area contributed by atoms with Crippen LogP contribution in [0.5, 0.6) is 0 Å². The molecule has 0 aromatic carbocycles. The van der Waals surface area contributed by atoms with Crippen LogP contribution in [0.3, 0.4) is 0 Å². The zero-order chi connectivity index (χ0) is 19.5. The van der Waals surface area contributed by atoms with Gasteiger partial charge in [0.1, 0.15) is 0 Å². The number of carbonyl (C=O) groups is 2. The Hall–Kier alpha value is -0.940. The number of likely N-dealkylation sites (tertiary alicyclic amines) is 1. The molecule has 3 unspecified atom stereocenters. The number of ether oxygens (including phenoxy) is 1. The van der Waals surface area contributed by atoms with Crippen molar-refractivity contribution in [3.05, 3.63) is 0 Å². The monoisotopic (exact) mass is 367 g/mol. The van der Waals surface area contributed by atoms with E-state index in [0.29, 0.717) is 37.1 Å². The van der Waals surface area contributed by atoms with Gasteiger partial charge in [0.2, 0.25) is 11.8 Å². The van der Waals surface area contributed by atoms with E-state index in [-0.39, 0.29) is 29.3 Å². The first-order valence-corrected chi connectivity index (χ1v) is 10.0. The third kappa shape index (κ3) is 4.86. The minimum atomic E-state index is -0.135. The minimum absolute atomic E-state index is 0.0328. The number of methoxy groups -OCH3 is 1. The Morgan fingerprint density at radius 2 is 1.73 bits per heavy atom. The molecular formula is C21H37NO4. The highest BCUT2D eigenvalue weighted by Gasteiger charge is 2.46. The van der Waals surface area contributed by atoms with Crippen molar-refractivity contribution in [3.8, 4) is 0 Å². The molecule has 0 bridgehead atoms. The Morgan fingerprint density at radius 1 is 1.12 bits per heavy atom. The van der Waals surface area contributed by atoms with Gasteiger partial charge in [0.15, 0.2) is 0 Å². The van der Waals surface area contributed by atoms with Crippen molar-refractivity contribution in [1.82, 2.24) is 4.90 Å². The van der Waals surface area contributed by atoms with Gasteiger partial charge in [-0.2, -0.15) is 0 Å². The largest absolute Gasteiger partial charge is 0.396 e. The lowest BCUT2D eigenvalue weighted by Gasteiger charge is -2.43. The number of rotatable bonds is 9. The summed E-state index contributed by atoms with van der Waals surface area (Å²) in [6.45, 7) is 10.4. The van der Waals surface area contributed by atoms with Crippen LogP contribution in [0.2, 0.25) is 0 Å². The third-order valence-electron chi connectivity index (χ3n) is 6.55. The van der Waals surface area contributed by atoms with Crippen LogP contribution in [0.4, 0.5) is 0 Å². The topological polar surface area (TPSA) is 66.8 Å². The van der Waals surface area contributed by atoms with Gasteiger partial charge in [-0.1, -0.05) is 27.7 Å².